The summed E-state index contributed by atoms with van der Waals surface area (Å²) in [4.78, 5) is 30.4. The van der Waals surface area contributed by atoms with Crippen LogP contribution in [0.3, 0.4) is 0 Å². The molecule has 1 atom stereocenters. The zero-order valence-electron chi connectivity index (χ0n) is 12.8. The van der Waals surface area contributed by atoms with Crippen molar-refractivity contribution in [1.82, 2.24) is 9.88 Å². The van der Waals surface area contributed by atoms with Gasteiger partial charge in [0.15, 0.2) is 5.13 Å². The van der Waals surface area contributed by atoms with Crippen LogP contribution >= 0.6 is 11.3 Å². The second kappa shape index (κ2) is 6.62. The van der Waals surface area contributed by atoms with Crippen LogP contribution in [0.15, 0.2) is 18.2 Å². The first-order chi connectivity index (χ1) is 11.0. The van der Waals surface area contributed by atoms with Gasteiger partial charge in [0.25, 0.3) is 0 Å². The van der Waals surface area contributed by atoms with Gasteiger partial charge in [0.05, 0.1) is 10.2 Å². The van der Waals surface area contributed by atoms with Crippen molar-refractivity contribution in [2.24, 2.45) is 0 Å². The maximum Gasteiger partial charge on any atom is 0.248 e. The molecule has 2 aromatic rings. The highest BCUT2D eigenvalue weighted by Gasteiger charge is 2.27. The number of nitrogens with zero attached hydrogens (tertiary/aromatic N) is 2. The fourth-order valence-corrected chi connectivity index (χ4v) is 3.61. The van der Waals surface area contributed by atoms with E-state index in [-0.39, 0.29) is 17.6 Å². The van der Waals surface area contributed by atoms with Gasteiger partial charge in [-0.2, -0.15) is 0 Å². The molecule has 0 radical (unpaired) electrons. The van der Waals surface area contributed by atoms with Crippen molar-refractivity contribution in [3.63, 3.8) is 0 Å². The van der Waals surface area contributed by atoms with E-state index >= 15 is 0 Å². The standard InChI is InChI=1S/C16H18FN3O2S/c1-10(20-8-4-2-3-5-14(20)21)15(22)19-16-18-12-7-6-11(17)9-13(12)23-16/h6-7,9-10H,2-5,8H2,1H3,(H,18,19,22)/t10-/m0/s1. The molecule has 0 unspecified atom stereocenters. The Bertz CT molecular complexity index is 746. The van der Waals surface area contributed by atoms with Gasteiger partial charge in [-0.1, -0.05) is 17.8 Å². The quantitative estimate of drug-likeness (QED) is 0.937. The maximum atomic E-state index is 13.2. The molecule has 2 amide bonds. The lowest BCUT2D eigenvalue weighted by Gasteiger charge is -2.26. The normalized spacial score (nSPS) is 17.1. The van der Waals surface area contributed by atoms with E-state index in [4.69, 9.17) is 0 Å². The zero-order chi connectivity index (χ0) is 16.4. The van der Waals surface area contributed by atoms with Gasteiger partial charge < -0.3 is 10.2 Å². The molecule has 1 N–H and O–H groups in total. The highest BCUT2D eigenvalue weighted by molar-refractivity contribution is 7.22. The number of halogens is 1. The largest absolute Gasteiger partial charge is 0.331 e. The number of anilines is 1. The van der Waals surface area contributed by atoms with Gasteiger partial charge in [-0.05, 0) is 38.0 Å². The molecule has 3 rings (SSSR count). The topological polar surface area (TPSA) is 62.3 Å². The number of thiazole rings is 1. The Hall–Kier alpha value is -2.02. The third-order valence-corrected chi connectivity index (χ3v) is 4.97. The predicted octanol–water partition coefficient (Wildman–Crippen LogP) is 3.17. The fourth-order valence-electron chi connectivity index (χ4n) is 2.72. The molecule has 122 valence electrons. The Morgan fingerprint density at radius 2 is 2.22 bits per heavy atom. The van der Waals surface area contributed by atoms with E-state index in [2.05, 4.69) is 10.3 Å². The Morgan fingerprint density at radius 3 is 3.04 bits per heavy atom. The fraction of sp³-hybridized carbons (Fsp3) is 0.438. The number of carbonyl (C=O) groups is 2. The summed E-state index contributed by atoms with van der Waals surface area (Å²) in [5.41, 5.74) is 0.644. The number of rotatable bonds is 3. The molecule has 0 saturated carbocycles. The smallest absolute Gasteiger partial charge is 0.248 e. The van der Waals surface area contributed by atoms with Crippen molar-refractivity contribution < 1.29 is 14.0 Å². The number of likely N-dealkylation sites (tertiary alicyclic amines) is 1. The van der Waals surface area contributed by atoms with Crippen LogP contribution in [0, 0.1) is 5.82 Å². The van der Waals surface area contributed by atoms with Crippen LogP contribution < -0.4 is 5.32 Å². The number of carbonyl (C=O) groups excluding carboxylic acids is 2. The first kappa shape index (κ1) is 15.9. The first-order valence-electron chi connectivity index (χ1n) is 7.71. The van der Waals surface area contributed by atoms with Crippen LogP contribution in [-0.4, -0.2) is 34.3 Å². The number of amides is 2. The van der Waals surface area contributed by atoms with E-state index < -0.39 is 6.04 Å². The molecular formula is C16H18FN3O2S. The van der Waals surface area contributed by atoms with Crippen LogP contribution in [0.25, 0.3) is 10.2 Å². The van der Waals surface area contributed by atoms with Crippen LogP contribution in [0.5, 0.6) is 0 Å². The van der Waals surface area contributed by atoms with E-state index in [1.807, 2.05) is 0 Å². The molecule has 0 spiro atoms. The molecule has 1 saturated heterocycles. The van der Waals surface area contributed by atoms with Crippen LogP contribution in [0.2, 0.25) is 0 Å². The molecule has 0 aliphatic carbocycles. The minimum atomic E-state index is -0.538. The summed E-state index contributed by atoms with van der Waals surface area (Å²) in [7, 11) is 0. The minimum absolute atomic E-state index is 0.0246. The molecular weight excluding hydrogens is 317 g/mol. The second-order valence-corrected chi connectivity index (χ2v) is 6.72. The molecule has 1 aliphatic heterocycles. The monoisotopic (exact) mass is 335 g/mol. The number of nitrogens with one attached hydrogen (secondary N) is 1. The molecule has 1 aromatic carbocycles. The van der Waals surface area contributed by atoms with Crippen molar-refractivity contribution in [1.29, 1.82) is 0 Å². The summed E-state index contributed by atoms with van der Waals surface area (Å²) in [6, 6.07) is 3.78. The van der Waals surface area contributed by atoms with Gasteiger partial charge in [-0.25, -0.2) is 9.37 Å². The number of benzene rings is 1. The first-order valence-corrected chi connectivity index (χ1v) is 8.52. The van der Waals surface area contributed by atoms with Crippen molar-refractivity contribution in [3.05, 3.63) is 24.0 Å². The Labute approximate surface area is 137 Å². The highest BCUT2D eigenvalue weighted by Crippen LogP contribution is 2.26. The van der Waals surface area contributed by atoms with Crippen molar-refractivity contribution in [2.45, 2.75) is 38.6 Å². The summed E-state index contributed by atoms with van der Waals surface area (Å²) in [6.07, 6.45) is 3.31. The van der Waals surface area contributed by atoms with E-state index in [1.165, 1.54) is 23.5 Å². The van der Waals surface area contributed by atoms with Crippen LogP contribution in [0.1, 0.15) is 32.6 Å². The molecule has 2 heterocycles. The Balaban J connectivity index is 1.72. The van der Waals surface area contributed by atoms with Gasteiger partial charge in [0, 0.05) is 13.0 Å². The molecule has 1 aliphatic rings. The van der Waals surface area contributed by atoms with Gasteiger partial charge in [-0.15, -0.1) is 0 Å². The average Bonchev–Trinajstić information content (AvgIpc) is 2.78. The average molecular weight is 335 g/mol. The maximum absolute atomic E-state index is 13.2. The van der Waals surface area contributed by atoms with Gasteiger partial charge in [0.1, 0.15) is 11.9 Å². The lowest BCUT2D eigenvalue weighted by Crippen LogP contribution is -2.45. The Kier molecular flexibility index (Phi) is 4.56. The molecule has 1 fully saturated rings. The summed E-state index contributed by atoms with van der Waals surface area (Å²) in [5.74, 6) is -0.571. The van der Waals surface area contributed by atoms with E-state index in [0.29, 0.717) is 28.3 Å². The lowest BCUT2D eigenvalue weighted by atomic mass is 10.2. The van der Waals surface area contributed by atoms with E-state index in [1.54, 1.807) is 17.9 Å². The summed E-state index contributed by atoms with van der Waals surface area (Å²) in [5, 5.41) is 3.16. The molecule has 1 aromatic heterocycles. The van der Waals surface area contributed by atoms with Crippen LogP contribution in [-0.2, 0) is 9.59 Å². The summed E-state index contributed by atoms with van der Waals surface area (Å²) in [6.45, 7) is 2.34. The SMILES string of the molecule is C[C@@H](C(=O)Nc1nc2ccc(F)cc2s1)N1CCCCCC1=O. The highest BCUT2D eigenvalue weighted by atomic mass is 32.1. The van der Waals surface area contributed by atoms with Crippen molar-refractivity contribution in [3.8, 4) is 0 Å². The lowest BCUT2D eigenvalue weighted by molar-refractivity contribution is -0.137. The zero-order valence-corrected chi connectivity index (χ0v) is 13.7. The van der Waals surface area contributed by atoms with Gasteiger partial charge in [-0.3, -0.25) is 9.59 Å². The molecule has 23 heavy (non-hydrogen) atoms. The van der Waals surface area contributed by atoms with Gasteiger partial charge in [0.2, 0.25) is 11.8 Å². The number of hydrogen-bond donors (Lipinski definition) is 1. The summed E-state index contributed by atoms with van der Waals surface area (Å²) >= 11 is 1.22. The third-order valence-electron chi connectivity index (χ3n) is 4.04. The van der Waals surface area contributed by atoms with Crippen molar-refractivity contribution >= 4 is 38.5 Å². The number of hydrogen-bond acceptors (Lipinski definition) is 4. The molecule has 7 heteroatoms. The number of aromatic nitrogens is 1. The van der Waals surface area contributed by atoms with E-state index in [0.717, 1.165) is 19.3 Å². The Morgan fingerprint density at radius 1 is 1.39 bits per heavy atom. The van der Waals surface area contributed by atoms with E-state index in [9.17, 15) is 14.0 Å². The van der Waals surface area contributed by atoms with Crippen molar-refractivity contribution in [2.75, 3.05) is 11.9 Å². The predicted molar refractivity (Wildman–Crippen MR) is 87.9 cm³/mol. The third kappa shape index (κ3) is 3.50. The summed E-state index contributed by atoms with van der Waals surface area (Å²) < 4.78 is 13.9. The molecule has 0 bridgehead atoms. The minimum Gasteiger partial charge on any atom is -0.331 e. The number of fused-ring (bicyclic) bond motifs is 1. The molecule has 5 nitrogen and oxygen atoms in total. The van der Waals surface area contributed by atoms with Gasteiger partial charge >= 0.3 is 0 Å². The van der Waals surface area contributed by atoms with Crippen LogP contribution in [0.4, 0.5) is 9.52 Å². The second-order valence-electron chi connectivity index (χ2n) is 5.69.